The lowest BCUT2D eigenvalue weighted by Gasteiger charge is -2.40. The van der Waals surface area contributed by atoms with E-state index in [0.29, 0.717) is 25.1 Å². The first kappa shape index (κ1) is 24.8. The molecule has 4 aromatic rings. The van der Waals surface area contributed by atoms with E-state index in [1.165, 1.54) is 4.90 Å². The van der Waals surface area contributed by atoms with E-state index in [-0.39, 0.29) is 25.2 Å². The first-order chi connectivity index (χ1) is 18.1. The number of carbonyl (C=O) groups is 1. The van der Waals surface area contributed by atoms with Crippen molar-refractivity contribution in [2.45, 2.75) is 38.3 Å². The summed E-state index contributed by atoms with van der Waals surface area (Å²) in [5, 5.41) is 13.6. The van der Waals surface area contributed by atoms with E-state index < -0.39 is 12.8 Å². The zero-order valence-electron chi connectivity index (χ0n) is 20.5. The minimum Gasteiger partial charge on any atom is -0.530 e. The second-order valence-electron chi connectivity index (χ2n) is 9.42. The molecule has 1 saturated heterocycles. The number of fused-ring (bicyclic) bond motifs is 1. The molecule has 1 fully saturated rings. The molecule has 37 heavy (non-hydrogen) atoms. The van der Waals surface area contributed by atoms with Crippen molar-refractivity contribution in [3.05, 3.63) is 113 Å². The van der Waals surface area contributed by atoms with Gasteiger partial charge in [0.2, 0.25) is 0 Å². The zero-order valence-corrected chi connectivity index (χ0v) is 20.5. The van der Waals surface area contributed by atoms with Gasteiger partial charge in [-0.05, 0) is 46.2 Å². The summed E-state index contributed by atoms with van der Waals surface area (Å²) < 4.78 is 25.9. The van der Waals surface area contributed by atoms with Gasteiger partial charge in [0, 0.05) is 24.4 Å². The Kier molecular flexibility index (Phi) is 7.66. The average Bonchev–Trinajstić information content (AvgIpc) is 2.95. The van der Waals surface area contributed by atoms with Gasteiger partial charge in [0.05, 0.1) is 12.7 Å². The van der Waals surface area contributed by atoms with Crippen LogP contribution in [0.2, 0.25) is 0 Å². The van der Waals surface area contributed by atoms with E-state index in [1.807, 2.05) is 78.9 Å². The number of carbonyl (C=O) groups excluding carboxylic acids is 1. The van der Waals surface area contributed by atoms with Crippen LogP contribution >= 0.6 is 0 Å². The Labute approximate surface area is 216 Å². The Hall–Kier alpha value is -3.90. The van der Waals surface area contributed by atoms with Crippen molar-refractivity contribution in [3.63, 3.8) is 0 Å². The molecule has 0 aromatic heterocycles. The van der Waals surface area contributed by atoms with Crippen LogP contribution in [0.1, 0.15) is 34.6 Å². The van der Waals surface area contributed by atoms with Gasteiger partial charge in [-0.15, -0.1) is 0 Å². The Morgan fingerprint density at radius 3 is 2.49 bits per heavy atom. The van der Waals surface area contributed by atoms with Gasteiger partial charge in [-0.1, -0.05) is 78.9 Å². The SMILES string of the molecule is O=C([O-])N1CCC(c2cccc(CF)c2)C(OCc2cc(OCc3ccccc3)c3ccccc3c2)C1. The first-order valence-corrected chi connectivity index (χ1v) is 12.5. The molecule has 0 saturated carbocycles. The van der Waals surface area contributed by atoms with Crippen molar-refractivity contribution in [2.75, 3.05) is 13.1 Å². The van der Waals surface area contributed by atoms with E-state index in [1.54, 1.807) is 6.07 Å². The van der Waals surface area contributed by atoms with Crippen molar-refractivity contribution in [1.29, 1.82) is 0 Å². The van der Waals surface area contributed by atoms with Crippen LogP contribution in [-0.4, -0.2) is 30.2 Å². The number of hydrogen-bond donors (Lipinski definition) is 0. The molecular formula is C31H29FNO4-. The van der Waals surface area contributed by atoms with Crippen molar-refractivity contribution in [1.82, 2.24) is 4.90 Å². The number of rotatable bonds is 8. The average molecular weight is 499 g/mol. The van der Waals surface area contributed by atoms with E-state index in [0.717, 1.165) is 33.2 Å². The van der Waals surface area contributed by atoms with Gasteiger partial charge in [0.25, 0.3) is 0 Å². The van der Waals surface area contributed by atoms with E-state index in [2.05, 4.69) is 6.07 Å². The van der Waals surface area contributed by atoms with Crippen LogP contribution < -0.4 is 9.84 Å². The number of nitrogens with zero attached hydrogens (tertiary/aromatic N) is 1. The Balaban J connectivity index is 1.38. The van der Waals surface area contributed by atoms with Gasteiger partial charge in [-0.2, -0.15) is 0 Å². The first-order valence-electron chi connectivity index (χ1n) is 12.5. The van der Waals surface area contributed by atoms with Gasteiger partial charge in [0.15, 0.2) is 0 Å². The van der Waals surface area contributed by atoms with E-state index in [9.17, 15) is 14.3 Å². The van der Waals surface area contributed by atoms with Crippen LogP contribution in [0.5, 0.6) is 5.75 Å². The van der Waals surface area contributed by atoms with Crippen LogP contribution in [0.4, 0.5) is 9.18 Å². The third-order valence-electron chi connectivity index (χ3n) is 6.94. The number of benzene rings is 4. The molecule has 2 atom stereocenters. The quantitative estimate of drug-likeness (QED) is 0.317. The molecule has 1 heterocycles. The molecule has 0 radical (unpaired) electrons. The van der Waals surface area contributed by atoms with Gasteiger partial charge in [-0.25, -0.2) is 4.39 Å². The number of carboxylic acid groups (broad SMARTS) is 1. The van der Waals surface area contributed by atoms with E-state index in [4.69, 9.17) is 9.47 Å². The van der Waals surface area contributed by atoms with Crippen LogP contribution in [0, 0.1) is 0 Å². The van der Waals surface area contributed by atoms with Crippen LogP contribution in [0.3, 0.4) is 0 Å². The van der Waals surface area contributed by atoms with Crippen molar-refractivity contribution in [2.24, 2.45) is 0 Å². The van der Waals surface area contributed by atoms with Gasteiger partial charge in [-0.3, -0.25) is 0 Å². The molecule has 1 aliphatic rings. The minimum atomic E-state index is -1.20. The number of alkyl halides is 1. The highest BCUT2D eigenvalue weighted by Crippen LogP contribution is 2.33. The summed E-state index contributed by atoms with van der Waals surface area (Å²) in [4.78, 5) is 12.9. The summed E-state index contributed by atoms with van der Waals surface area (Å²) in [5.41, 5.74) is 3.58. The standard InChI is InChI=1S/C31H30FNO4/c32-18-23-9-6-11-26(15-23)28-13-14-33(31(34)35)19-30(28)37-21-24-16-25-10-4-5-12-27(25)29(17-24)36-20-22-7-2-1-3-8-22/h1-12,15-17,28,30H,13-14,18-21H2,(H,34,35)/p-1. The fourth-order valence-corrected chi connectivity index (χ4v) is 5.02. The summed E-state index contributed by atoms with van der Waals surface area (Å²) in [6.45, 7) is 0.765. The third-order valence-corrected chi connectivity index (χ3v) is 6.94. The maximum Gasteiger partial charge on any atom is 0.137 e. The van der Waals surface area contributed by atoms with Crippen molar-refractivity contribution >= 4 is 16.9 Å². The topological polar surface area (TPSA) is 61.8 Å². The predicted molar refractivity (Wildman–Crippen MR) is 139 cm³/mol. The van der Waals surface area contributed by atoms with Crippen LogP contribution in [0.15, 0.2) is 91.0 Å². The monoisotopic (exact) mass is 498 g/mol. The number of hydrogen-bond acceptors (Lipinski definition) is 4. The third kappa shape index (κ3) is 5.92. The number of halogens is 1. The largest absolute Gasteiger partial charge is 0.530 e. The summed E-state index contributed by atoms with van der Waals surface area (Å²) in [6, 6.07) is 29.5. The van der Waals surface area contributed by atoms with Crippen LogP contribution in [0.25, 0.3) is 10.8 Å². The lowest BCUT2D eigenvalue weighted by Crippen LogP contribution is -2.51. The van der Waals surface area contributed by atoms with Gasteiger partial charge < -0.3 is 24.3 Å². The number of amides is 1. The normalized spacial score (nSPS) is 17.6. The molecule has 5 rings (SSSR count). The molecule has 0 N–H and O–H groups in total. The summed E-state index contributed by atoms with van der Waals surface area (Å²) in [6.07, 6.45) is -1.01. The molecule has 4 aromatic carbocycles. The summed E-state index contributed by atoms with van der Waals surface area (Å²) in [7, 11) is 0. The number of piperidine rings is 1. The maximum atomic E-state index is 13.3. The van der Waals surface area contributed by atoms with E-state index >= 15 is 0 Å². The smallest absolute Gasteiger partial charge is 0.137 e. The van der Waals surface area contributed by atoms with Gasteiger partial charge >= 0.3 is 0 Å². The Morgan fingerprint density at radius 1 is 0.892 bits per heavy atom. The predicted octanol–water partition coefficient (Wildman–Crippen LogP) is 5.61. The minimum absolute atomic E-state index is 0.0450. The summed E-state index contributed by atoms with van der Waals surface area (Å²) >= 11 is 0. The molecule has 0 bridgehead atoms. The zero-order chi connectivity index (χ0) is 25.6. The Bertz CT molecular complexity index is 1360. The lowest BCUT2D eigenvalue weighted by molar-refractivity contribution is -0.268. The second kappa shape index (κ2) is 11.4. The molecule has 1 aliphatic heterocycles. The fourth-order valence-electron chi connectivity index (χ4n) is 5.02. The molecule has 0 aliphatic carbocycles. The van der Waals surface area contributed by atoms with Crippen molar-refractivity contribution < 1.29 is 23.8 Å². The molecule has 2 unspecified atom stereocenters. The molecule has 6 heteroatoms. The maximum absolute atomic E-state index is 13.3. The van der Waals surface area contributed by atoms with Crippen molar-refractivity contribution in [3.8, 4) is 5.75 Å². The number of likely N-dealkylation sites (tertiary alicyclic amines) is 1. The molecule has 190 valence electrons. The molecule has 5 nitrogen and oxygen atoms in total. The number of ether oxygens (including phenoxy) is 2. The lowest BCUT2D eigenvalue weighted by atomic mass is 9.86. The van der Waals surface area contributed by atoms with Gasteiger partial charge in [0.1, 0.15) is 25.1 Å². The highest BCUT2D eigenvalue weighted by molar-refractivity contribution is 5.89. The fraction of sp³-hybridized carbons (Fsp3) is 0.258. The van der Waals surface area contributed by atoms with Crippen LogP contribution in [-0.2, 0) is 24.6 Å². The summed E-state index contributed by atoms with van der Waals surface area (Å²) in [5.74, 6) is 0.726. The highest BCUT2D eigenvalue weighted by Gasteiger charge is 2.31. The molecular weight excluding hydrogens is 469 g/mol. The molecule has 0 spiro atoms. The Morgan fingerprint density at radius 2 is 1.68 bits per heavy atom. The highest BCUT2D eigenvalue weighted by atomic mass is 19.1. The second-order valence-corrected chi connectivity index (χ2v) is 9.42. The molecule has 1 amide bonds.